The SMILES string of the molecule is Cc1ccc(-c2nnn(CC(=O)N[C@@H](c3ccccc3)c3nccn3C)n2)cc1. The Morgan fingerprint density at radius 1 is 1.10 bits per heavy atom. The van der Waals surface area contributed by atoms with Crippen LogP contribution in [0.2, 0.25) is 0 Å². The van der Waals surface area contributed by atoms with E-state index in [-0.39, 0.29) is 18.5 Å². The van der Waals surface area contributed by atoms with Crippen LogP contribution in [0.15, 0.2) is 67.0 Å². The Kier molecular flexibility index (Phi) is 5.15. The molecule has 0 radical (unpaired) electrons. The van der Waals surface area contributed by atoms with E-state index in [0.717, 1.165) is 22.5 Å². The predicted molar refractivity (Wildman–Crippen MR) is 108 cm³/mol. The highest BCUT2D eigenvalue weighted by Crippen LogP contribution is 2.20. The number of aromatic nitrogens is 6. The van der Waals surface area contributed by atoms with Gasteiger partial charge in [0.2, 0.25) is 11.7 Å². The molecular formula is C21H21N7O. The lowest BCUT2D eigenvalue weighted by molar-refractivity contribution is -0.122. The Balaban J connectivity index is 1.50. The summed E-state index contributed by atoms with van der Waals surface area (Å²) in [6, 6.07) is 17.2. The van der Waals surface area contributed by atoms with Crippen molar-refractivity contribution in [3.05, 3.63) is 83.9 Å². The van der Waals surface area contributed by atoms with Crippen LogP contribution >= 0.6 is 0 Å². The van der Waals surface area contributed by atoms with Gasteiger partial charge >= 0.3 is 0 Å². The number of nitrogens with one attached hydrogen (secondary N) is 1. The molecule has 2 aromatic carbocycles. The van der Waals surface area contributed by atoms with Crippen LogP contribution in [0.1, 0.15) is 23.0 Å². The Bertz CT molecular complexity index is 1100. The molecule has 0 saturated heterocycles. The van der Waals surface area contributed by atoms with Crippen molar-refractivity contribution in [1.29, 1.82) is 0 Å². The second kappa shape index (κ2) is 8.05. The monoisotopic (exact) mass is 387 g/mol. The van der Waals surface area contributed by atoms with Gasteiger partial charge in [-0.3, -0.25) is 4.79 Å². The normalized spacial score (nSPS) is 11.9. The van der Waals surface area contributed by atoms with Gasteiger partial charge in [-0.25, -0.2) is 4.98 Å². The van der Waals surface area contributed by atoms with E-state index in [0.29, 0.717) is 5.82 Å². The molecule has 29 heavy (non-hydrogen) atoms. The maximum atomic E-state index is 12.7. The van der Waals surface area contributed by atoms with Crippen molar-refractivity contribution in [3.8, 4) is 11.4 Å². The third-order valence-electron chi connectivity index (χ3n) is 4.60. The molecule has 4 rings (SSSR count). The zero-order valence-corrected chi connectivity index (χ0v) is 16.2. The fourth-order valence-corrected chi connectivity index (χ4v) is 3.06. The number of hydrogen-bond acceptors (Lipinski definition) is 5. The van der Waals surface area contributed by atoms with Crippen LogP contribution in [-0.4, -0.2) is 35.7 Å². The molecule has 4 aromatic rings. The summed E-state index contributed by atoms with van der Waals surface area (Å²) < 4.78 is 1.89. The molecule has 0 unspecified atom stereocenters. The van der Waals surface area contributed by atoms with Crippen molar-refractivity contribution in [2.24, 2.45) is 7.05 Å². The quantitative estimate of drug-likeness (QED) is 0.548. The lowest BCUT2D eigenvalue weighted by Crippen LogP contribution is -2.34. The highest BCUT2D eigenvalue weighted by atomic mass is 16.2. The Morgan fingerprint density at radius 2 is 1.86 bits per heavy atom. The van der Waals surface area contributed by atoms with Gasteiger partial charge in [-0.2, -0.15) is 4.80 Å². The lowest BCUT2D eigenvalue weighted by atomic mass is 10.1. The highest BCUT2D eigenvalue weighted by molar-refractivity contribution is 5.76. The van der Waals surface area contributed by atoms with Gasteiger partial charge in [0.15, 0.2) is 0 Å². The fourth-order valence-electron chi connectivity index (χ4n) is 3.06. The molecule has 1 amide bonds. The average molecular weight is 387 g/mol. The van der Waals surface area contributed by atoms with Gasteiger partial charge in [0.25, 0.3) is 0 Å². The molecular weight excluding hydrogens is 366 g/mol. The number of benzene rings is 2. The number of imidazole rings is 1. The van der Waals surface area contributed by atoms with Gasteiger partial charge in [-0.15, -0.1) is 10.2 Å². The van der Waals surface area contributed by atoms with Gasteiger partial charge in [0.1, 0.15) is 18.4 Å². The number of rotatable bonds is 6. The summed E-state index contributed by atoms with van der Waals surface area (Å²) in [7, 11) is 1.90. The molecule has 2 heterocycles. The fraction of sp³-hybridized carbons (Fsp3) is 0.190. The minimum absolute atomic E-state index is 0.0351. The Labute approximate surface area is 168 Å². The van der Waals surface area contributed by atoms with E-state index in [4.69, 9.17) is 0 Å². The molecule has 0 aliphatic rings. The first kappa shape index (κ1) is 18.5. The summed E-state index contributed by atoms with van der Waals surface area (Å²) in [4.78, 5) is 18.4. The van der Waals surface area contributed by atoms with Crippen molar-refractivity contribution in [2.75, 3.05) is 0 Å². The summed E-state index contributed by atoms with van der Waals surface area (Å²) in [6.07, 6.45) is 3.56. The first-order valence-corrected chi connectivity index (χ1v) is 9.26. The lowest BCUT2D eigenvalue weighted by Gasteiger charge is -2.19. The van der Waals surface area contributed by atoms with Crippen molar-refractivity contribution in [3.63, 3.8) is 0 Å². The first-order valence-electron chi connectivity index (χ1n) is 9.26. The van der Waals surface area contributed by atoms with Crippen LogP contribution < -0.4 is 5.32 Å². The van der Waals surface area contributed by atoms with E-state index in [1.807, 2.05) is 79.3 Å². The van der Waals surface area contributed by atoms with Gasteiger partial charge in [0.05, 0.1) is 0 Å². The van der Waals surface area contributed by atoms with E-state index in [2.05, 4.69) is 25.7 Å². The molecule has 146 valence electrons. The number of amides is 1. The van der Waals surface area contributed by atoms with Gasteiger partial charge in [-0.05, 0) is 17.7 Å². The van der Waals surface area contributed by atoms with E-state index in [1.165, 1.54) is 4.80 Å². The Morgan fingerprint density at radius 3 is 2.55 bits per heavy atom. The van der Waals surface area contributed by atoms with Crippen molar-refractivity contribution in [2.45, 2.75) is 19.5 Å². The third kappa shape index (κ3) is 4.21. The molecule has 0 bridgehead atoms. The number of tetrazole rings is 1. The van der Waals surface area contributed by atoms with Crippen LogP contribution in [-0.2, 0) is 18.4 Å². The summed E-state index contributed by atoms with van der Waals surface area (Å²) in [5.74, 6) is 1.01. The topological polar surface area (TPSA) is 90.5 Å². The molecule has 0 aliphatic heterocycles. The van der Waals surface area contributed by atoms with Crippen LogP contribution in [0.4, 0.5) is 0 Å². The predicted octanol–water partition coefficient (Wildman–Crippen LogP) is 2.29. The molecule has 2 aromatic heterocycles. The maximum absolute atomic E-state index is 12.7. The second-order valence-corrected chi connectivity index (χ2v) is 6.82. The molecule has 0 spiro atoms. The van der Waals surface area contributed by atoms with Crippen molar-refractivity contribution < 1.29 is 4.79 Å². The standard InChI is InChI=1S/C21H21N7O/c1-15-8-10-17(11-9-15)20-24-26-28(25-20)14-18(29)23-19(16-6-4-3-5-7-16)21-22-12-13-27(21)2/h3-13,19H,14H2,1-2H3,(H,23,29)/t19-/m0/s1. The number of hydrogen-bond donors (Lipinski definition) is 1. The Hall–Kier alpha value is -3.81. The minimum Gasteiger partial charge on any atom is -0.340 e. The third-order valence-corrected chi connectivity index (χ3v) is 4.60. The minimum atomic E-state index is -0.371. The molecule has 0 fully saturated rings. The van der Waals surface area contributed by atoms with E-state index in [1.54, 1.807) is 6.20 Å². The average Bonchev–Trinajstić information content (AvgIpc) is 3.36. The molecule has 8 nitrogen and oxygen atoms in total. The summed E-state index contributed by atoms with van der Waals surface area (Å²) >= 11 is 0. The van der Waals surface area contributed by atoms with Crippen LogP contribution in [0.25, 0.3) is 11.4 Å². The van der Waals surface area contributed by atoms with Gasteiger partial charge in [0, 0.05) is 25.0 Å². The highest BCUT2D eigenvalue weighted by Gasteiger charge is 2.21. The van der Waals surface area contributed by atoms with Crippen molar-refractivity contribution in [1.82, 2.24) is 35.1 Å². The zero-order chi connectivity index (χ0) is 20.2. The van der Waals surface area contributed by atoms with Crippen molar-refractivity contribution >= 4 is 5.91 Å². The molecule has 0 saturated carbocycles. The van der Waals surface area contributed by atoms with E-state index < -0.39 is 0 Å². The molecule has 0 aliphatic carbocycles. The summed E-state index contributed by atoms with van der Waals surface area (Å²) in [5.41, 5.74) is 2.96. The first-order chi connectivity index (χ1) is 14.1. The van der Waals surface area contributed by atoms with Crippen LogP contribution in [0, 0.1) is 6.92 Å². The molecule has 8 heteroatoms. The van der Waals surface area contributed by atoms with Crippen LogP contribution in [0.3, 0.4) is 0 Å². The van der Waals surface area contributed by atoms with Gasteiger partial charge < -0.3 is 9.88 Å². The number of carbonyl (C=O) groups is 1. The summed E-state index contributed by atoms with van der Waals surface area (Å²) in [5, 5.41) is 15.4. The molecule has 1 N–H and O–H groups in total. The van der Waals surface area contributed by atoms with Gasteiger partial charge in [-0.1, -0.05) is 60.2 Å². The van der Waals surface area contributed by atoms with Crippen LogP contribution in [0.5, 0.6) is 0 Å². The smallest absolute Gasteiger partial charge is 0.244 e. The van der Waals surface area contributed by atoms with E-state index >= 15 is 0 Å². The number of aryl methyl sites for hydroxylation is 2. The number of nitrogens with zero attached hydrogens (tertiary/aromatic N) is 6. The zero-order valence-electron chi connectivity index (χ0n) is 16.2. The maximum Gasteiger partial charge on any atom is 0.244 e. The second-order valence-electron chi connectivity index (χ2n) is 6.82. The number of carbonyl (C=O) groups excluding carboxylic acids is 1. The largest absolute Gasteiger partial charge is 0.340 e. The van der Waals surface area contributed by atoms with E-state index in [9.17, 15) is 4.79 Å². The molecule has 1 atom stereocenters. The summed E-state index contributed by atoms with van der Waals surface area (Å²) in [6.45, 7) is 1.98.